The fraction of sp³-hybridized carbons (Fsp3) is 0.333. The van der Waals surface area contributed by atoms with Crippen molar-refractivity contribution >= 4 is 74.6 Å². The molecule has 0 N–H and O–H groups in total. The van der Waals surface area contributed by atoms with E-state index < -0.39 is 0 Å². The van der Waals surface area contributed by atoms with Crippen molar-refractivity contribution in [3.63, 3.8) is 0 Å². The number of hydrogen-bond acceptors (Lipinski definition) is 2. The molecule has 2 aromatic rings. The van der Waals surface area contributed by atoms with E-state index >= 15 is 0 Å². The predicted molar refractivity (Wildman–Crippen MR) is 112 cm³/mol. The summed E-state index contributed by atoms with van der Waals surface area (Å²) in [5.74, 6) is -0.279. The Kier molecular flexibility index (Phi) is 14.9. The van der Waals surface area contributed by atoms with Crippen molar-refractivity contribution in [2.45, 2.75) is 43.0 Å². The molecule has 0 saturated heterocycles. The normalized spacial score (nSPS) is 9.24. The molecule has 0 aliphatic carbocycles. The summed E-state index contributed by atoms with van der Waals surface area (Å²) in [7, 11) is 0. The zero-order valence-corrected chi connectivity index (χ0v) is 16.2. The molecule has 0 aliphatic rings. The summed E-state index contributed by atoms with van der Waals surface area (Å²) < 4.78 is 0. The summed E-state index contributed by atoms with van der Waals surface area (Å²) in [6.45, 7) is 6.97. The van der Waals surface area contributed by atoms with E-state index in [1.807, 2.05) is 12.1 Å². The first-order valence-corrected chi connectivity index (χ1v) is 11.2. The molecule has 0 fully saturated rings. The van der Waals surface area contributed by atoms with Crippen LogP contribution in [0.3, 0.4) is 0 Å². The van der Waals surface area contributed by atoms with Crippen molar-refractivity contribution in [2.24, 2.45) is 0 Å². The Balaban J connectivity index is 0.000000620. The van der Waals surface area contributed by atoms with Crippen LogP contribution in [0.15, 0.2) is 60.7 Å². The van der Waals surface area contributed by atoms with Gasteiger partial charge in [0.2, 0.25) is 0 Å². The first kappa shape index (κ1) is 24.9. The molecule has 0 amide bonds. The Morgan fingerprint density at radius 3 is 1.24 bits per heavy atom. The summed E-state index contributed by atoms with van der Waals surface area (Å²) in [5.41, 5.74) is 1.16. The van der Waals surface area contributed by atoms with Crippen LogP contribution in [0.4, 0.5) is 0 Å². The minimum atomic E-state index is -0.171. The van der Waals surface area contributed by atoms with E-state index in [9.17, 15) is 9.59 Å². The molecule has 0 radical (unpaired) electrons. The van der Waals surface area contributed by atoms with E-state index in [0.29, 0.717) is 11.1 Å². The molecule has 0 atom stereocenters. The fourth-order valence-electron chi connectivity index (χ4n) is 2.46. The zero-order valence-electron chi connectivity index (χ0n) is 15.0. The summed E-state index contributed by atoms with van der Waals surface area (Å²) in [5, 5.41) is 4.48. The summed E-state index contributed by atoms with van der Waals surface area (Å²) in [6.07, 6.45) is -0.0754. The Hall–Kier alpha value is -0.116. The monoisotopic (exact) mass is 478 g/mol. The first-order valence-electron chi connectivity index (χ1n) is 8.78. The van der Waals surface area contributed by atoms with E-state index in [1.165, 1.54) is 15.8 Å². The fourth-order valence-corrected chi connectivity index (χ4v) is 4.20. The summed E-state index contributed by atoms with van der Waals surface area (Å²) in [6, 6.07) is 17.7. The molecule has 0 bridgehead atoms. The van der Waals surface area contributed by atoms with Crippen LogP contribution in [-0.2, 0) is 0 Å². The van der Waals surface area contributed by atoms with Crippen molar-refractivity contribution < 1.29 is 9.59 Å². The molecule has 4 heteroatoms. The number of benzene rings is 2. The van der Waals surface area contributed by atoms with Crippen LogP contribution in [0.2, 0.25) is 15.8 Å². The third-order valence-electron chi connectivity index (χ3n) is 4.24. The number of rotatable bonds is 7. The van der Waals surface area contributed by atoms with E-state index in [2.05, 4.69) is 20.8 Å². The molecule has 0 unspecified atom stereocenters. The molecule has 130 valence electrons. The van der Waals surface area contributed by atoms with Gasteiger partial charge in [-0.3, -0.25) is 9.59 Å². The Labute approximate surface area is 196 Å². The van der Waals surface area contributed by atoms with Gasteiger partial charge in [0.05, 0.1) is 6.42 Å². The van der Waals surface area contributed by atoms with Gasteiger partial charge in [0.15, 0.2) is 11.6 Å². The second-order valence-corrected chi connectivity index (χ2v) is 10.0. The predicted octanol–water partition coefficient (Wildman–Crippen LogP) is 4.77. The molecule has 2 nitrogen and oxygen atoms in total. The standard InChI is InChI=1S/C15H12O2.3C2H5.Al.Ba.2H/c16-14(12-7-3-1-4-8-12)11-15(17)13-9-5-2-6-10-13;3*1-2;;;;/h1-10H,11H2;3*1H2,2H3;;;;. The number of ketones is 2. The van der Waals surface area contributed by atoms with Crippen molar-refractivity contribution in [3.05, 3.63) is 71.8 Å². The first-order chi connectivity index (χ1) is 11.6. The Morgan fingerprint density at radius 1 is 0.680 bits per heavy atom. The van der Waals surface area contributed by atoms with Gasteiger partial charge < -0.3 is 0 Å². The molecule has 0 spiro atoms. The Bertz CT molecular complexity index is 555. The number of hydrogen-bond donors (Lipinski definition) is 0. The molecule has 2 aromatic carbocycles. The van der Waals surface area contributed by atoms with Crippen molar-refractivity contribution in [2.75, 3.05) is 0 Å². The SMILES string of the molecule is C[CH2][Al]([CH2]C)[CH2]C.O=C(CC(=O)c1ccccc1)c1ccccc1.[BaH2]. The zero-order chi connectivity index (χ0) is 17.8. The van der Waals surface area contributed by atoms with Gasteiger partial charge in [-0.2, -0.15) is 0 Å². The maximum absolute atomic E-state index is 11.8. The van der Waals surface area contributed by atoms with Crippen LogP contribution in [0.1, 0.15) is 47.9 Å². The molecule has 0 aliphatic heterocycles. The van der Waals surface area contributed by atoms with Crippen LogP contribution in [0.5, 0.6) is 0 Å². The summed E-state index contributed by atoms with van der Waals surface area (Å²) in [4.78, 5) is 23.6. The van der Waals surface area contributed by atoms with Gasteiger partial charge in [0, 0.05) is 11.1 Å². The van der Waals surface area contributed by atoms with Crippen LogP contribution < -0.4 is 0 Å². The summed E-state index contributed by atoms with van der Waals surface area (Å²) >= 11 is -0.171. The molecule has 25 heavy (non-hydrogen) atoms. The number of carbonyl (C=O) groups excluding carboxylic acids is 2. The van der Waals surface area contributed by atoms with Gasteiger partial charge in [-0.15, -0.1) is 0 Å². The van der Waals surface area contributed by atoms with Crippen LogP contribution >= 0.6 is 0 Å². The van der Waals surface area contributed by atoms with Gasteiger partial charge in [-0.1, -0.05) is 97.3 Å². The third kappa shape index (κ3) is 9.96. The second kappa shape index (κ2) is 15.0. The van der Waals surface area contributed by atoms with E-state index in [4.69, 9.17) is 0 Å². The van der Waals surface area contributed by atoms with Crippen LogP contribution in [0.25, 0.3) is 0 Å². The van der Waals surface area contributed by atoms with E-state index in [-0.39, 0.29) is 81.0 Å². The maximum atomic E-state index is 11.8. The average Bonchev–Trinajstić information content (AvgIpc) is 2.65. The molecule has 0 heterocycles. The Morgan fingerprint density at radius 2 is 1.00 bits per heavy atom. The number of Topliss-reactive ketones (excluding diaryl/α,β-unsaturated/α-hetero) is 2. The quantitative estimate of drug-likeness (QED) is 0.327. The van der Waals surface area contributed by atoms with E-state index in [1.54, 1.807) is 48.5 Å². The average molecular weight is 478 g/mol. The van der Waals surface area contributed by atoms with Gasteiger partial charge in [-0.05, 0) is 0 Å². The van der Waals surface area contributed by atoms with Gasteiger partial charge in [0.25, 0.3) is 14.1 Å². The molecule has 2 rings (SSSR count). The van der Waals surface area contributed by atoms with Crippen molar-refractivity contribution in [3.8, 4) is 0 Å². The molecular weight excluding hydrogens is 449 g/mol. The van der Waals surface area contributed by atoms with Crippen LogP contribution in [-0.4, -0.2) is 74.6 Å². The van der Waals surface area contributed by atoms with Gasteiger partial charge in [-0.25, -0.2) is 0 Å². The van der Waals surface area contributed by atoms with Crippen molar-refractivity contribution in [1.29, 1.82) is 0 Å². The molecular formula is C21H29AlBaO2. The molecule has 0 saturated carbocycles. The third-order valence-corrected chi connectivity index (χ3v) is 7.71. The van der Waals surface area contributed by atoms with Gasteiger partial charge >= 0.3 is 48.9 Å². The van der Waals surface area contributed by atoms with Gasteiger partial charge in [0.1, 0.15) is 0 Å². The van der Waals surface area contributed by atoms with Crippen LogP contribution in [0, 0.1) is 0 Å². The van der Waals surface area contributed by atoms with E-state index in [0.717, 1.165) is 0 Å². The van der Waals surface area contributed by atoms with Crippen molar-refractivity contribution in [1.82, 2.24) is 0 Å². The minimum absolute atomic E-state index is 0. The topological polar surface area (TPSA) is 34.1 Å². The second-order valence-electron chi connectivity index (χ2n) is 5.85. The molecule has 0 aromatic heterocycles. The number of carbonyl (C=O) groups is 2.